The molecule has 2 heterocycles. The zero-order valence-corrected chi connectivity index (χ0v) is 23.0. The molecule has 2 aromatic heterocycles. The van der Waals surface area contributed by atoms with Crippen LogP contribution in [0.4, 0.5) is 0 Å². The number of thioether (sulfide) groups is 1. The van der Waals surface area contributed by atoms with Crippen molar-refractivity contribution in [3.63, 3.8) is 0 Å². The first-order valence-electron chi connectivity index (χ1n) is 13.1. The van der Waals surface area contributed by atoms with Crippen LogP contribution < -0.4 is 11.0 Å². The van der Waals surface area contributed by atoms with E-state index in [0.717, 1.165) is 23.1 Å². The van der Waals surface area contributed by atoms with E-state index in [1.54, 1.807) is 22.9 Å². The van der Waals surface area contributed by atoms with Gasteiger partial charge in [0.15, 0.2) is 5.16 Å². The topological polar surface area (TPSA) is 81.3 Å². The Morgan fingerprint density at radius 2 is 1.65 bits per heavy atom. The molecule has 40 heavy (non-hydrogen) atoms. The smallest absolute Gasteiger partial charge is 0.266 e. The van der Waals surface area contributed by atoms with Crippen LogP contribution in [0.15, 0.2) is 106 Å². The summed E-state index contributed by atoms with van der Waals surface area (Å²) in [5.74, 6) is -0.237. The fraction of sp³-hybridized carbons (Fsp3) is 0.125. The third-order valence-electron chi connectivity index (χ3n) is 6.88. The number of fused-ring (bicyclic) bond motifs is 4. The number of nitrogens with zero attached hydrogens (tertiary/aromatic N) is 4. The summed E-state index contributed by atoms with van der Waals surface area (Å²) in [6.45, 7) is 5.02. The summed E-state index contributed by atoms with van der Waals surface area (Å²) in [6.07, 6.45) is 1.65. The molecule has 0 fully saturated rings. The molecule has 0 saturated carbocycles. The number of carbonyl (C=O) groups is 1. The molecule has 0 saturated heterocycles. The van der Waals surface area contributed by atoms with Crippen molar-refractivity contribution in [2.24, 2.45) is 5.10 Å². The van der Waals surface area contributed by atoms with Crippen LogP contribution in [0.1, 0.15) is 18.1 Å². The molecule has 0 aliphatic rings. The molecule has 0 aliphatic heterocycles. The van der Waals surface area contributed by atoms with Crippen LogP contribution in [0.2, 0.25) is 0 Å². The normalized spacial score (nSPS) is 11.7. The number of amides is 1. The van der Waals surface area contributed by atoms with Crippen molar-refractivity contribution in [3.05, 3.63) is 112 Å². The lowest BCUT2D eigenvalue weighted by atomic mass is 10.1. The Morgan fingerprint density at radius 1 is 0.925 bits per heavy atom. The average Bonchev–Trinajstić information content (AvgIpc) is 3.30. The van der Waals surface area contributed by atoms with Crippen molar-refractivity contribution in [1.29, 1.82) is 0 Å². The molecule has 6 aromatic rings. The second-order valence-corrected chi connectivity index (χ2v) is 10.4. The highest BCUT2D eigenvalue weighted by molar-refractivity contribution is 7.99. The minimum absolute atomic E-state index is 0.0526. The molecular formula is C32H27N5O2S. The number of nitrogens with one attached hydrogen (secondary N) is 1. The van der Waals surface area contributed by atoms with Crippen molar-refractivity contribution >= 4 is 56.6 Å². The maximum absolute atomic E-state index is 13.4. The van der Waals surface area contributed by atoms with Crippen LogP contribution in [-0.4, -0.2) is 32.0 Å². The van der Waals surface area contributed by atoms with Crippen LogP contribution >= 0.6 is 11.8 Å². The van der Waals surface area contributed by atoms with Gasteiger partial charge in [-0.15, -0.1) is 0 Å². The van der Waals surface area contributed by atoms with E-state index in [2.05, 4.69) is 52.3 Å². The zero-order chi connectivity index (χ0) is 27.6. The molecule has 0 radical (unpaired) electrons. The summed E-state index contributed by atoms with van der Waals surface area (Å²) in [7, 11) is 0. The van der Waals surface area contributed by atoms with Gasteiger partial charge >= 0.3 is 0 Å². The van der Waals surface area contributed by atoms with Crippen molar-refractivity contribution < 1.29 is 4.79 Å². The lowest BCUT2D eigenvalue weighted by Gasteiger charge is -2.13. The van der Waals surface area contributed by atoms with Crippen LogP contribution in [0.25, 0.3) is 38.4 Å². The maximum atomic E-state index is 13.4. The molecule has 1 amide bonds. The van der Waals surface area contributed by atoms with E-state index in [1.807, 2.05) is 55.5 Å². The summed E-state index contributed by atoms with van der Waals surface area (Å²) in [5.41, 5.74) is 8.09. The van der Waals surface area contributed by atoms with Crippen LogP contribution in [0, 0.1) is 6.92 Å². The Balaban J connectivity index is 1.21. The van der Waals surface area contributed by atoms with E-state index < -0.39 is 0 Å². The number of para-hydroxylation sites is 2. The Hall–Kier alpha value is -4.69. The van der Waals surface area contributed by atoms with E-state index >= 15 is 0 Å². The summed E-state index contributed by atoms with van der Waals surface area (Å²) in [4.78, 5) is 30.8. The van der Waals surface area contributed by atoms with E-state index in [1.165, 1.54) is 28.2 Å². The van der Waals surface area contributed by atoms with E-state index in [9.17, 15) is 9.59 Å². The molecule has 0 unspecified atom stereocenters. The Labute approximate surface area is 235 Å². The predicted octanol–water partition coefficient (Wildman–Crippen LogP) is 6.06. The Bertz CT molecular complexity index is 1970. The van der Waals surface area contributed by atoms with Gasteiger partial charge < -0.3 is 4.57 Å². The molecule has 0 aliphatic carbocycles. The van der Waals surface area contributed by atoms with Crippen LogP contribution in [-0.2, 0) is 11.3 Å². The van der Waals surface area contributed by atoms with Crippen molar-refractivity contribution in [2.75, 3.05) is 5.75 Å². The lowest BCUT2D eigenvalue weighted by Crippen LogP contribution is -2.24. The van der Waals surface area contributed by atoms with E-state index in [0.29, 0.717) is 21.7 Å². The molecule has 7 nitrogen and oxygen atoms in total. The van der Waals surface area contributed by atoms with Gasteiger partial charge in [-0.2, -0.15) is 5.10 Å². The summed E-state index contributed by atoms with van der Waals surface area (Å²) in [5, 5.41) is 7.51. The third-order valence-corrected chi connectivity index (χ3v) is 7.82. The first kappa shape index (κ1) is 25.6. The Kier molecular flexibility index (Phi) is 6.92. The van der Waals surface area contributed by atoms with Crippen molar-refractivity contribution in [1.82, 2.24) is 19.5 Å². The van der Waals surface area contributed by atoms with Gasteiger partial charge in [0.05, 0.1) is 28.6 Å². The largest absolute Gasteiger partial charge is 0.341 e. The minimum Gasteiger partial charge on any atom is -0.341 e. The summed E-state index contributed by atoms with van der Waals surface area (Å²) in [6, 6.07) is 29.4. The molecule has 6 rings (SSSR count). The van der Waals surface area contributed by atoms with Crippen LogP contribution in [0.3, 0.4) is 0 Å². The van der Waals surface area contributed by atoms with Gasteiger partial charge in [-0.05, 0) is 61.9 Å². The lowest BCUT2D eigenvalue weighted by molar-refractivity contribution is -0.118. The molecule has 0 atom stereocenters. The molecule has 0 bridgehead atoms. The predicted molar refractivity (Wildman–Crippen MR) is 164 cm³/mol. The monoisotopic (exact) mass is 545 g/mol. The van der Waals surface area contributed by atoms with Gasteiger partial charge in [0.2, 0.25) is 0 Å². The van der Waals surface area contributed by atoms with Gasteiger partial charge in [0.1, 0.15) is 0 Å². The van der Waals surface area contributed by atoms with Gasteiger partial charge in [-0.3, -0.25) is 14.2 Å². The highest BCUT2D eigenvalue weighted by atomic mass is 32.2. The standard InChI is InChI=1S/C32H27N5O2S/c1-3-36-28-11-7-5-8-24(28)26-18-22(14-17-29(26)36)19-33-35-30(38)20-40-32-34-27-10-6-4-9-25(27)31(39)37(32)23-15-12-21(2)13-16-23/h4-19H,3,20H2,1-2H3,(H,35,38). The zero-order valence-electron chi connectivity index (χ0n) is 22.2. The van der Waals surface area contributed by atoms with Gasteiger partial charge in [-0.1, -0.05) is 65.9 Å². The molecular weight excluding hydrogens is 518 g/mol. The van der Waals surface area contributed by atoms with Crippen LogP contribution in [0.5, 0.6) is 0 Å². The van der Waals surface area contributed by atoms with Gasteiger partial charge in [-0.25, -0.2) is 10.4 Å². The highest BCUT2D eigenvalue weighted by Crippen LogP contribution is 2.29. The molecule has 4 aromatic carbocycles. The quantitative estimate of drug-likeness (QED) is 0.114. The molecule has 0 spiro atoms. The second-order valence-electron chi connectivity index (χ2n) is 9.51. The summed E-state index contributed by atoms with van der Waals surface area (Å²) >= 11 is 1.20. The first-order chi connectivity index (χ1) is 19.5. The SMILES string of the molecule is CCn1c2ccccc2c2cc(C=NNC(=O)CSc3nc4ccccc4c(=O)n3-c3ccc(C)cc3)ccc21. The number of aromatic nitrogens is 3. The molecule has 198 valence electrons. The number of rotatable bonds is 7. The fourth-order valence-corrected chi connectivity index (χ4v) is 5.77. The number of hydrogen-bond donors (Lipinski definition) is 1. The first-order valence-corrected chi connectivity index (χ1v) is 14.1. The summed E-state index contributed by atoms with van der Waals surface area (Å²) < 4.78 is 3.85. The van der Waals surface area contributed by atoms with Crippen molar-refractivity contribution in [3.8, 4) is 5.69 Å². The van der Waals surface area contributed by atoms with Crippen molar-refractivity contribution in [2.45, 2.75) is 25.5 Å². The van der Waals surface area contributed by atoms with Gasteiger partial charge in [0.25, 0.3) is 11.5 Å². The highest BCUT2D eigenvalue weighted by Gasteiger charge is 2.15. The number of hydrogen-bond acceptors (Lipinski definition) is 5. The fourth-order valence-electron chi connectivity index (χ4n) is 4.96. The Morgan fingerprint density at radius 3 is 2.45 bits per heavy atom. The molecule has 8 heteroatoms. The molecule has 1 N–H and O–H groups in total. The third kappa shape index (κ3) is 4.78. The number of aryl methyl sites for hydroxylation is 2. The van der Waals surface area contributed by atoms with E-state index in [4.69, 9.17) is 4.98 Å². The number of hydrazone groups is 1. The number of benzene rings is 4. The average molecular weight is 546 g/mol. The van der Waals surface area contributed by atoms with Gasteiger partial charge in [0, 0.05) is 28.4 Å². The second kappa shape index (κ2) is 10.8. The number of carbonyl (C=O) groups excluding carboxylic acids is 1. The maximum Gasteiger partial charge on any atom is 0.266 e. The minimum atomic E-state index is -0.289. The van der Waals surface area contributed by atoms with E-state index in [-0.39, 0.29) is 17.2 Å².